The molecule has 2 N–H and O–H groups in total. The molecule has 0 aliphatic rings. The minimum Gasteiger partial charge on any atom is -0.483 e. The van der Waals surface area contributed by atoms with Gasteiger partial charge in [-0.3, -0.25) is 20.4 Å². The second kappa shape index (κ2) is 7.89. The number of carbonyl (C=O) groups excluding carboxylic acids is 2. The summed E-state index contributed by atoms with van der Waals surface area (Å²) < 4.78 is 6.46. The fourth-order valence-electron chi connectivity index (χ4n) is 1.73. The zero-order valence-corrected chi connectivity index (χ0v) is 13.5. The molecule has 1 aromatic rings. The van der Waals surface area contributed by atoms with E-state index >= 15 is 0 Å². The van der Waals surface area contributed by atoms with Crippen LogP contribution in [0.1, 0.15) is 30.9 Å². The third-order valence-electron chi connectivity index (χ3n) is 2.59. The first kappa shape index (κ1) is 16.5. The van der Waals surface area contributed by atoms with E-state index in [1.54, 1.807) is 0 Å². The highest BCUT2D eigenvalue weighted by Crippen LogP contribution is 2.27. The third kappa shape index (κ3) is 5.21. The highest BCUT2D eigenvalue weighted by Gasteiger charge is 2.09. The standard InChI is InChI=1S/C14H19BrN2O3/c1-4-5-12(18)16-17-13(19)8-20-14-9(2)6-11(15)7-10(14)3/h6-7H,4-5,8H2,1-3H3,(H,16,18)(H,17,19). The van der Waals surface area contributed by atoms with Crippen molar-refractivity contribution in [2.45, 2.75) is 33.6 Å². The Morgan fingerprint density at radius 3 is 2.25 bits per heavy atom. The lowest BCUT2D eigenvalue weighted by Crippen LogP contribution is -2.43. The maximum atomic E-state index is 11.6. The van der Waals surface area contributed by atoms with E-state index in [1.165, 1.54) is 0 Å². The lowest BCUT2D eigenvalue weighted by Gasteiger charge is -2.13. The number of carbonyl (C=O) groups is 2. The number of halogens is 1. The van der Waals surface area contributed by atoms with Crippen molar-refractivity contribution in [1.29, 1.82) is 0 Å². The van der Waals surface area contributed by atoms with Crippen LogP contribution in [-0.2, 0) is 9.59 Å². The third-order valence-corrected chi connectivity index (χ3v) is 3.05. The molecule has 0 saturated carbocycles. The first-order valence-electron chi connectivity index (χ1n) is 6.41. The molecule has 0 aliphatic heterocycles. The van der Waals surface area contributed by atoms with Crippen LogP contribution in [0.3, 0.4) is 0 Å². The molecule has 5 nitrogen and oxygen atoms in total. The normalized spacial score (nSPS) is 10.0. The first-order chi connectivity index (χ1) is 9.43. The number of benzene rings is 1. The van der Waals surface area contributed by atoms with Gasteiger partial charge in [-0.1, -0.05) is 22.9 Å². The molecule has 6 heteroatoms. The minimum atomic E-state index is -0.392. The highest BCUT2D eigenvalue weighted by atomic mass is 79.9. The maximum absolute atomic E-state index is 11.6. The molecule has 0 radical (unpaired) electrons. The van der Waals surface area contributed by atoms with E-state index in [9.17, 15) is 9.59 Å². The topological polar surface area (TPSA) is 67.4 Å². The monoisotopic (exact) mass is 342 g/mol. The van der Waals surface area contributed by atoms with Gasteiger partial charge in [-0.15, -0.1) is 0 Å². The van der Waals surface area contributed by atoms with Gasteiger partial charge in [0.15, 0.2) is 6.61 Å². The molecule has 110 valence electrons. The average Bonchev–Trinajstić information content (AvgIpc) is 2.35. The van der Waals surface area contributed by atoms with Crippen molar-refractivity contribution in [2.75, 3.05) is 6.61 Å². The van der Waals surface area contributed by atoms with E-state index < -0.39 is 5.91 Å². The second-order valence-electron chi connectivity index (χ2n) is 4.50. The van der Waals surface area contributed by atoms with Crippen LogP contribution in [0, 0.1) is 13.8 Å². The summed E-state index contributed by atoms with van der Waals surface area (Å²) in [6.45, 7) is 5.57. The van der Waals surface area contributed by atoms with Gasteiger partial charge in [-0.2, -0.15) is 0 Å². The lowest BCUT2D eigenvalue weighted by atomic mass is 10.1. The van der Waals surface area contributed by atoms with E-state index in [4.69, 9.17) is 4.74 Å². The maximum Gasteiger partial charge on any atom is 0.276 e. The van der Waals surface area contributed by atoms with E-state index in [0.29, 0.717) is 12.2 Å². The number of nitrogens with one attached hydrogen (secondary N) is 2. The predicted molar refractivity (Wildman–Crippen MR) is 80.3 cm³/mol. The Labute approximate surface area is 127 Å². The van der Waals surface area contributed by atoms with Crippen LogP contribution in [0.15, 0.2) is 16.6 Å². The summed E-state index contributed by atoms with van der Waals surface area (Å²) in [7, 11) is 0. The largest absolute Gasteiger partial charge is 0.483 e. The molecule has 0 fully saturated rings. The zero-order chi connectivity index (χ0) is 15.1. The summed E-state index contributed by atoms with van der Waals surface area (Å²) in [4.78, 5) is 22.8. The van der Waals surface area contributed by atoms with E-state index in [0.717, 1.165) is 22.0 Å². The molecule has 0 atom stereocenters. The number of hydrogen-bond acceptors (Lipinski definition) is 3. The van der Waals surface area contributed by atoms with E-state index in [-0.39, 0.29) is 12.5 Å². The summed E-state index contributed by atoms with van der Waals surface area (Å²) in [6.07, 6.45) is 1.11. The summed E-state index contributed by atoms with van der Waals surface area (Å²) in [5, 5.41) is 0. The fourth-order valence-corrected chi connectivity index (χ4v) is 2.41. The summed E-state index contributed by atoms with van der Waals surface area (Å²) >= 11 is 3.40. The molecule has 0 aliphatic carbocycles. The van der Waals surface area contributed by atoms with Gasteiger partial charge in [0.1, 0.15) is 5.75 Å². The van der Waals surface area contributed by atoms with Gasteiger partial charge in [0.05, 0.1) is 0 Å². The average molecular weight is 343 g/mol. The Kier molecular flexibility index (Phi) is 6.51. The molecule has 0 aromatic heterocycles. The smallest absolute Gasteiger partial charge is 0.276 e. The number of aryl methyl sites for hydroxylation is 2. The predicted octanol–water partition coefficient (Wildman–Crippen LogP) is 2.39. The minimum absolute atomic E-state index is 0.143. The molecule has 0 bridgehead atoms. The number of rotatable bonds is 5. The van der Waals surface area contributed by atoms with Crippen LogP contribution >= 0.6 is 15.9 Å². The van der Waals surface area contributed by atoms with Gasteiger partial charge < -0.3 is 4.74 Å². The van der Waals surface area contributed by atoms with Crippen LogP contribution in [0.4, 0.5) is 0 Å². The lowest BCUT2D eigenvalue weighted by molar-refractivity contribution is -0.130. The molecule has 20 heavy (non-hydrogen) atoms. The van der Waals surface area contributed by atoms with Crippen LogP contribution in [0.2, 0.25) is 0 Å². The van der Waals surface area contributed by atoms with Crippen molar-refractivity contribution >= 4 is 27.7 Å². The van der Waals surface area contributed by atoms with Crippen LogP contribution in [-0.4, -0.2) is 18.4 Å². The Morgan fingerprint density at radius 1 is 1.15 bits per heavy atom. The van der Waals surface area contributed by atoms with Crippen molar-refractivity contribution in [1.82, 2.24) is 10.9 Å². The molecular formula is C14H19BrN2O3. The molecule has 0 heterocycles. The van der Waals surface area contributed by atoms with Gasteiger partial charge in [0, 0.05) is 10.9 Å². The van der Waals surface area contributed by atoms with E-state index in [1.807, 2.05) is 32.9 Å². The fraction of sp³-hybridized carbons (Fsp3) is 0.429. The van der Waals surface area contributed by atoms with Crippen molar-refractivity contribution in [3.05, 3.63) is 27.7 Å². The molecular weight excluding hydrogens is 324 g/mol. The summed E-state index contributed by atoms with van der Waals surface area (Å²) in [5.41, 5.74) is 6.54. The SMILES string of the molecule is CCCC(=O)NNC(=O)COc1c(C)cc(Br)cc1C. The first-order valence-corrected chi connectivity index (χ1v) is 7.20. The zero-order valence-electron chi connectivity index (χ0n) is 11.9. The Hall–Kier alpha value is -1.56. The van der Waals surface area contributed by atoms with E-state index in [2.05, 4.69) is 26.8 Å². The van der Waals surface area contributed by atoms with Crippen molar-refractivity contribution in [2.24, 2.45) is 0 Å². The number of hydrazine groups is 1. The molecule has 0 unspecified atom stereocenters. The van der Waals surface area contributed by atoms with Crippen molar-refractivity contribution in [3.63, 3.8) is 0 Å². The van der Waals surface area contributed by atoms with Crippen molar-refractivity contribution < 1.29 is 14.3 Å². The Morgan fingerprint density at radius 2 is 1.70 bits per heavy atom. The van der Waals surface area contributed by atoms with Gasteiger partial charge >= 0.3 is 0 Å². The van der Waals surface area contributed by atoms with Gasteiger partial charge in [-0.25, -0.2) is 0 Å². The molecule has 2 amide bonds. The van der Waals surface area contributed by atoms with Crippen molar-refractivity contribution in [3.8, 4) is 5.75 Å². The van der Waals surface area contributed by atoms with Crippen LogP contribution < -0.4 is 15.6 Å². The number of hydrogen-bond donors (Lipinski definition) is 2. The molecule has 1 rings (SSSR count). The van der Waals surface area contributed by atoms with Crippen LogP contribution in [0.25, 0.3) is 0 Å². The van der Waals surface area contributed by atoms with Gasteiger partial charge in [0.2, 0.25) is 5.91 Å². The highest BCUT2D eigenvalue weighted by molar-refractivity contribution is 9.10. The van der Waals surface area contributed by atoms with Gasteiger partial charge in [0.25, 0.3) is 5.91 Å². The second-order valence-corrected chi connectivity index (χ2v) is 5.42. The molecule has 0 saturated heterocycles. The molecule has 0 spiro atoms. The molecule has 1 aromatic carbocycles. The summed E-state index contributed by atoms with van der Waals surface area (Å²) in [6, 6.07) is 3.84. The Balaban J connectivity index is 2.47. The van der Waals surface area contributed by atoms with Gasteiger partial charge in [-0.05, 0) is 43.5 Å². The summed E-state index contributed by atoms with van der Waals surface area (Å²) in [5.74, 6) is 0.0799. The van der Waals surface area contributed by atoms with Crippen LogP contribution in [0.5, 0.6) is 5.75 Å². The number of amides is 2. The number of ether oxygens (including phenoxy) is 1. The Bertz CT molecular complexity index is 480. The quantitative estimate of drug-likeness (QED) is 0.807.